The Morgan fingerprint density at radius 2 is 1.78 bits per heavy atom. The number of nitrogens with one attached hydrogen (secondary N) is 1. The Labute approximate surface area is 101 Å². The Kier molecular flexibility index (Phi) is 4.66. The van der Waals surface area contributed by atoms with E-state index in [1.165, 1.54) is 6.92 Å². The molecule has 3 nitrogen and oxygen atoms in total. The Balaban J connectivity index is 3.01. The maximum absolute atomic E-state index is 13.2. The van der Waals surface area contributed by atoms with Crippen LogP contribution in [0.3, 0.4) is 0 Å². The standard InChI is InChI=1S/C11H12F4N2O/c1-5(2-3-16)11(18)17-10-8(14)6(12)4-7(13)9(10)15/h4-5H,2-3,16H2,1H3,(H,17,18). The molecule has 0 spiro atoms. The van der Waals surface area contributed by atoms with Crippen molar-refractivity contribution in [1.29, 1.82) is 0 Å². The molecular weight excluding hydrogens is 252 g/mol. The minimum absolute atomic E-state index is 0.0730. The van der Waals surface area contributed by atoms with Gasteiger partial charge in [-0.1, -0.05) is 6.92 Å². The van der Waals surface area contributed by atoms with Crippen molar-refractivity contribution >= 4 is 11.6 Å². The number of anilines is 1. The summed E-state index contributed by atoms with van der Waals surface area (Å²) >= 11 is 0. The van der Waals surface area contributed by atoms with Crippen molar-refractivity contribution in [3.05, 3.63) is 29.3 Å². The third kappa shape index (κ3) is 2.98. The number of amides is 1. The van der Waals surface area contributed by atoms with Crippen molar-refractivity contribution in [2.24, 2.45) is 11.7 Å². The summed E-state index contributed by atoms with van der Waals surface area (Å²) in [6.45, 7) is 1.69. The van der Waals surface area contributed by atoms with E-state index in [1.807, 2.05) is 5.32 Å². The summed E-state index contributed by atoms with van der Waals surface area (Å²) in [5, 5.41) is 1.82. The molecule has 0 saturated heterocycles. The molecule has 0 aromatic heterocycles. The highest BCUT2D eigenvalue weighted by molar-refractivity contribution is 5.92. The summed E-state index contributed by atoms with van der Waals surface area (Å²) < 4.78 is 52.2. The van der Waals surface area contributed by atoms with Gasteiger partial charge in [-0.05, 0) is 13.0 Å². The number of benzene rings is 1. The van der Waals surface area contributed by atoms with E-state index in [4.69, 9.17) is 5.73 Å². The van der Waals surface area contributed by atoms with Crippen LogP contribution < -0.4 is 11.1 Å². The molecule has 0 heterocycles. The van der Waals surface area contributed by atoms with Crippen LogP contribution in [0.2, 0.25) is 0 Å². The van der Waals surface area contributed by atoms with Crippen molar-refractivity contribution in [3.63, 3.8) is 0 Å². The molecule has 1 rings (SSSR count). The maximum atomic E-state index is 13.2. The molecule has 0 bridgehead atoms. The Hall–Kier alpha value is -1.63. The zero-order valence-corrected chi connectivity index (χ0v) is 9.57. The van der Waals surface area contributed by atoms with Gasteiger partial charge in [0.25, 0.3) is 0 Å². The van der Waals surface area contributed by atoms with Crippen molar-refractivity contribution in [2.75, 3.05) is 11.9 Å². The van der Waals surface area contributed by atoms with Crippen molar-refractivity contribution < 1.29 is 22.4 Å². The number of hydrogen-bond acceptors (Lipinski definition) is 2. The number of nitrogens with two attached hydrogens (primary N) is 1. The molecule has 18 heavy (non-hydrogen) atoms. The fourth-order valence-electron chi connectivity index (χ4n) is 1.31. The molecule has 100 valence electrons. The van der Waals surface area contributed by atoms with Crippen molar-refractivity contribution in [2.45, 2.75) is 13.3 Å². The van der Waals surface area contributed by atoms with Crippen molar-refractivity contribution in [1.82, 2.24) is 0 Å². The predicted octanol–water partition coefficient (Wildman–Crippen LogP) is 2.17. The summed E-state index contributed by atoms with van der Waals surface area (Å²) in [6.07, 6.45) is 0.285. The van der Waals surface area contributed by atoms with Crippen LogP contribution >= 0.6 is 0 Å². The van der Waals surface area contributed by atoms with Crippen LogP contribution in [0, 0.1) is 29.2 Å². The molecule has 1 unspecified atom stereocenters. The lowest BCUT2D eigenvalue weighted by atomic mass is 10.1. The molecule has 3 N–H and O–H groups in total. The number of carbonyl (C=O) groups is 1. The lowest BCUT2D eigenvalue weighted by Crippen LogP contribution is -2.24. The molecule has 1 atom stereocenters. The third-order valence-electron chi connectivity index (χ3n) is 2.41. The van der Waals surface area contributed by atoms with Gasteiger partial charge in [0.2, 0.25) is 5.91 Å². The van der Waals surface area contributed by atoms with Crippen molar-refractivity contribution in [3.8, 4) is 0 Å². The summed E-state index contributed by atoms with van der Waals surface area (Å²) in [4.78, 5) is 11.5. The quantitative estimate of drug-likeness (QED) is 0.646. The van der Waals surface area contributed by atoms with Gasteiger partial charge in [-0.3, -0.25) is 4.79 Å². The minimum Gasteiger partial charge on any atom is -0.330 e. The van der Waals surface area contributed by atoms with E-state index in [1.54, 1.807) is 0 Å². The molecule has 0 aliphatic rings. The molecular formula is C11H12F4N2O. The molecule has 0 aliphatic carbocycles. The zero-order chi connectivity index (χ0) is 13.9. The van der Waals surface area contributed by atoms with Gasteiger partial charge in [-0.2, -0.15) is 0 Å². The molecule has 1 amide bonds. The first-order valence-corrected chi connectivity index (χ1v) is 5.22. The van der Waals surface area contributed by atoms with E-state index in [-0.39, 0.29) is 19.0 Å². The highest BCUT2D eigenvalue weighted by Crippen LogP contribution is 2.24. The van der Waals surface area contributed by atoms with E-state index >= 15 is 0 Å². The smallest absolute Gasteiger partial charge is 0.227 e. The molecule has 0 radical (unpaired) electrons. The molecule has 0 aliphatic heterocycles. The van der Waals surface area contributed by atoms with Gasteiger partial charge in [-0.15, -0.1) is 0 Å². The van der Waals surface area contributed by atoms with Gasteiger partial charge in [0, 0.05) is 12.0 Å². The monoisotopic (exact) mass is 264 g/mol. The van der Waals surface area contributed by atoms with E-state index in [0.29, 0.717) is 0 Å². The summed E-state index contributed by atoms with van der Waals surface area (Å²) in [7, 11) is 0. The molecule has 0 fully saturated rings. The molecule has 7 heteroatoms. The third-order valence-corrected chi connectivity index (χ3v) is 2.41. The highest BCUT2D eigenvalue weighted by Gasteiger charge is 2.22. The predicted molar refractivity (Wildman–Crippen MR) is 57.7 cm³/mol. The largest absolute Gasteiger partial charge is 0.330 e. The topological polar surface area (TPSA) is 55.1 Å². The van der Waals surface area contributed by atoms with Gasteiger partial charge in [0.05, 0.1) is 0 Å². The van der Waals surface area contributed by atoms with E-state index in [9.17, 15) is 22.4 Å². The highest BCUT2D eigenvalue weighted by atomic mass is 19.2. The lowest BCUT2D eigenvalue weighted by molar-refractivity contribution is -0.119. The number of carbonyl (C=O) groups excluding carboxylic acids is 1. The molecule has 1 aromatic rings. The van der Waals surface area contributed by atoms with E-state index < -0.39 is 40.8 Å². The Morgan fingerprint density at radius 1 is 1.28 bits per heavy atom. The Morgan fingerprint density at radius 3 is 2.22 bits per heavy atom. The van der Waals surface area contributed by atoms with Crippen LogP contribution in [0.1, 0.15) is 13.3 Å². The van der Waals surface area contributed by atoms with Crippen LogP contribution in [-0.4, -0.2) is 12.5 Å². The van der Waals surface area contributed by atoms with Crippen LogP contribution in [0.5, 0.6) is 0 Å². The second kappa shape index (κ2) is 5.81. The first kappa shape index (κ1) is 14.4. The minimum atomic E-state index is -1.64. The number of rotatable bonds is 4. The van der Waals surface area contributed by atoms with Gasteiger partial charge < -0.3 is 11.1 Å². The molecule has 0 saturated carbocycles. The van der Waals surface area contributed by atoms with Gasteiger partial charge in [0.1, 0.15) is 5.69 Å². The van der Waals surface area contributed by atoms with Gasteiger partial charge in [0.15, 0.2) is 23.3 Å². The fourth-order valence-corrected chi connectivity index (χ4v) is 1.31. The molecule has 1 aromatic carbocycles. The van der Waals surface area contributed by atoms with E-state index in [0.717, 1.165) is 0 Å². The first-order valence-electron chi connectivity index (χ1n) is 5.22. The summed E-state index contributed by atoms with van der Waals surface area (Å²) in [5.74, 6) is -7.81. The zero-order valence-electron chi connectivity index (χ0n) is 9.57. The first-order chi connectivity index (χ1) is 8.38. The summed E-state index contributed by atoms with van der Waals surface area (Å²) in [5.41, 5.74) is 4.10. The Bertz CT molecular complexity index is 439. The fraction of sp³-hybridized carbons (Fsp3) is 0.364. The maximum Gasteiger partial charge on any atom is 0.227 e. The average Bonchev–Trinajstić information content (AvgIpc) is 2.32. The lowest BCUT2D eigenvalue weighted by Gasteiger charge is -2.12. The average molecular weight is 264 g/mol. The van der Waals surface area contributed by atoms with E-state index in [2.05, 4.69) is 0 Å². The number of halogens is 4. The van der Waals surface area contributed by atoms with Crippen LogP contribution in [-0.2, 0) is 4.79 Å². The second-order valence-electron chi connectivity index (χ2n) is 3.81. The number of hydrogen-bond donors (Lipinski definition) is 2. The van der Waals surface area contributed by atoms with Gasteiger partial charge in [-0.25, -0.2) is 17.6 Å². The SMILES string of the molecule is CC(CCN)C(=O)Nc1c(F)c(F)cc(F)c1F. The summed E-state index contributed by atoms with van der Waals surface area (Å²) in [6, 6.07) is 0.0730. The van der Waals surface area contributed by atoms with Crippen LogP contribution in [0.15, 0.2) is 6.07 Å². The van der Waals surface area contributed by atoms with Crippen LogP contribution in [0.25, 0.3) is 0 Å². The second-order valence-corrected chi connectivity index (χ2v) is 3.81. The van der Waals surface area contributed by atoms with Crippen LogP contribution in [0.4, 0.5) is 23.2 Å². The van der Waals surface area contributed by atoms with Gasteiger partial charge >= 0.3 is 0 Å². The normalized spacial score (nSPS) is 12.3.